The fourth-order valence-corrected chi connectivity index (χ4v) is 1.97. The molecule has 1 aromatic carbocycles. The largest absolute Gasteiger partial charge is 0.377 e. The molecule has 3 rings (SSSR count). The van der Waals surface area contributed by atoms with Gasteiger partial charge in [0.05, 0.1) is 5.69 Å². The molecule has 0 saturated carbocycles. The first-order valence-electron chi connectivity index (χ1n) is 6.50. The molecule has 3 aromatic rings. The van der Waals surface area contributed by atoms with E-state index >= 15 is 0 Å². The summed E-state index contributed by atoms with van der Waals surface area (Å²) in [5.74, 6) is 2.00. The molecule has 108 valence electrons. The van der Waals surface area contributed by atoms with Crippen LogP contribution in [0.5, 0.6) is 0 Å². The highest BCUT2D eigenvalue weighted by atomic mass is 16.5. The lowest BCUT2D eigenvalue weighted by Crippen LogP contribution is -2.09. The number of rotatable bonds is 5. The molecule has 0 radical (unpaired) electrons. The van der Waals surface area contributed by atoms with E-state index in [2.05, 4.69) is 25.5 Å². The first-order valence-corrected chi connectivity index (χ1v) is 6.50. The second kappa shape index (κ2) is 5.80. The average Bonchev–Trinajstić information content (AvgIpc) is 3.08. The van der Waals surface area contributed by atoms with Crippen molar-refractivity contribution < 1.29 is 4.74 Å². The third-order valence-corrected chi connectivity index (χ3v) is 2.86. The van der Waals surface area contributed by atoms with Crippen molar-refractivity contribution in [3.63, 3.8) is 0 Å². The van der Waals surface area contributed by atoms with Gasteiger partial charge in [0, 0.05) is 7.11 Å². The number of benzene rings is 1. The molecule has 0 aliphatic carbocycles. The van der Waals surface area contributed by atoms with Crippen molar-refractivity contribution in [2.24, 2.45) is 0 Å². The molecule has 0 fully saturated rings. The second-order valence-corrected chi connectivity index (χ2v) is 4.50. The molecular weight excluding hydrogens is 270 g/mol. The van der Waals surface area contributed by atoms with Crippen LogP contribution >= 0.6 is 0 Å². The first-order chi connectivity index (χ1) is 10.3. The molecule has 8 nitrogen and oxygen atoms in total. The van der Waals surface area contributed by atoms with E-state index in [-0.39, 0.29) is 0 Å². The molecule has 2 heterocycles. The molecule has 0 aliphatic rings. The molecule has 2 aromatic heterocycles. The van der Waals surface area contributed by atoms with Crippen molar-refractivity contribution in [1.29, 1.82) is 0 Å². The van der Waals surface area contributed by atoms with Crippen LogP contribution in [-0.2, 0) is 17.9 Å². The number of hydrogen-bond donors (Lipinski definition) is 0. The lowest BCUT2D eigenvalue weighted by Gasteiger charge is -2.01. The zero-order valence-electron chi connectivity index (χ0n) is 11.8. The number of para-hydroxylation sites is 1. The minimum absolute atomic E-state index is 0.396. The summed E-state index contributed by atoms with van der Waals surface area (Å²) >= 11 is 0. The lowest BCUT2D eigenvalue weighted by molar-refractivity contribution is 0.173. The van der Waals surface area contributed by atoms with Crippen molar-refractivity contribution in [3.8, 4) is 5.69 Å². The molecule has 8 heteroatoms. The SMILES string of the molecule is COCc1nc(C)nn1Cc1nnn(-c2ccccc2)n1. The minimum Gasteiger partial charge on any atom is -0.377 e. The van der Waals surface area contributed by atoms with Crippen LogP contribution < -0.4 is 0 Å². The maximum Gasteiger partial charge on any atom is 0.196 e. The van der Waals surface area contributed by atoms with Crippen LogP contribution in [0.15, 0.2) is 30.3 Å². The van der Waals surface area contributed by atoms with Crippen LogP contribution in [0.25, 0.3) is 5.69 Å². The maximum absolute atomic E-state index is 5.11. The topological polar surface area (TPSA) is 83.5 Å². The van der Waals surface area contributed by atoms with E-state index in [4.69, 9.17) is 4.74 Å². The van der Waals surface area contributed by atoms with Crippen molar-refractivity contribution in [2.45, 2.75) is 20.1 Å². The molecular formula is C13H15N7O. The van der Waals surface area contributed by atoms with Gasteiger partial charge in [0.2, 0.25) is 0 Å². The molecule has 0 bridgehead atoms. The number of hydrogen-bond acceptors (Lipinski definition) is 6. The number of aryl methyl sites for hydroxylation is 1. The predicted octanol–water partition coefficient (Wildman–Crippen LogP) is 0.757. The number of nitrogens with zero attached hydrogens (tertiary/aromatic N) is 7. The van der Waals surface area contributed by atoms with E-state index in [1.807, 2.05) is 37.3 Å². The third-order valence-electron chi connectivity index (χ3n) is 2.86. The van der Waals surface area contributed by atoms with Gasteiger partial charge in [-0.3, -0.25) is 0 Å². The highest BCUT2D eigenvalue weighted by molar-refractivity contribution is 5.27. The highest BCUT2D eigenvalue weighted by Gasteiger charge is 2.11. The van der Waals surface area contributed by atoms with Crippen molar-refractivity contribution in [3.05, 3.63) is 47.8 Å². The van der Waals surface area contributed by atoms with Gasteiger partial charge in [-0.15, -0.1) is 15.0 Å². The Morgan fingerprint density at radius 1 is 1.14 bits per heavy atom. The molecule has 0 N–H and O–H groups in total. The van der Waals surface area contributed by atoms with Gasteiger partial charge in [-0.1, -0.05) is 18.2 Å². The summed E-state index contributed by atoms with van der Waals surface area (Å²) in [5.41, 5.74) is 0.864. The van der Waals surface area contributed by atoms with Crippen LogP contribution in [0.1, 0.15) is 17.5 Å². The second-order valence-electron chi connectivity index (χ2n) is 4.50. The Balaban J connectivity index is 1.82. The molecule has 0 aliphatic heterocycles. The van der Waals surface area contributed by atoms with Crippen LogP contribution in [0.4, 0.5) is 0 Å². The molecule has 0 saturated heterocycles. The van der Waals surface area contributed by atoms with Gasteiger partial charge in [-0.05, 0) is 24.3 Å². The fourth-order valence-electron chi connectivity index (χ4n) is 1.97. The summed E-state index contributed by atoms with van der Waals surface area (Å²) in [4.78, 5) is 5.80. The summed E-state index contributed by atoms with van der Waals surface area (Å²) in [6.07, 6.45) is 0. The molecule has 0 amide bonds. The number of tetrazole rings is 1. The van der Waals surface area contributed by atoms with E-state index in [9.17, 15) is 0 Å². The Morgan fingerprint density at radius 2 is 1.95 bits per heavy atom. The van der Waals surface area contributed by atoms with Gasteiger partial charge in [-0.25, -0.2) is 9.67 Å². The quantitative estimate of drug-likeness (QED) is 0.688. The Hall–Kier alpha value is -2.61. The lowest BCUT2D eigenvalue weighted by atomic mass is 10.3. The van der Waals surface area contributed by atoms with Gasteiger partial charge < -0.3 is 4.74 Å². The molecule has 0 atom stereocenters. The average molecular weight is 285 g/mol. The van der Waals surface area contributed by atoms with Crippen LogP contribution in [0, 0.1) is 6.92 Å². The summed E-state index contributed by atoms with van der Waals surface area (Å²) in [6.45, 7) is 2.64. The van der Waals surface area contributed by atoms with Gasteiger partial charge in [0.25, 0.3) is 0 Å². The Morgan fingerprint density at radius 3 is 2.71 bits per heavy atom. The number of methoxy groups -OCH3 is 1. The molecule has 0 spiro atoms. The van der Waals surface area contributed by atoms with Gasteiger partial charge in [0.15, 0.2) is 11.6 Å². The summed E-state index contributed by atoms with van der Waals surface area (Å²) in [6, 6.07) is 9.63. The van der Waals surface area contributed by atoms with Crippen LogP contribution in [0.3, 0.4) is 0 Å². The van der Waals surface area contributed by atoms with E-state index in [0.717, 1.165) is 11.5 Å². The van der Waals surface area contributed by atoms with E-state index < -0.39 is 0 Å². The zero-order chi connectivity index (χ0) is 14.7. The first kappa shape index (κ1) is 13.4. The smallest absolute Gasteiger partial charge is 0.196 e. The van der Waals surface area contributed by atoms with E-state index in [0.29, 0.717) is 24.8 Å². The maximum atomic E-state index is 5.11. The third kappa shape index (κ3) is 2.95. The van der Waals surface area contributed by atoms with E-state index in [1.54, 1.807) is 11.8 Å². The molecule has 21 heavy (non-hydrogen) atoms. The van der Waals surface area contributed by atoms with E-state index in [1.165, 1.54) is 4.80 Å². The Bertz CT molecular complexity index is 719. The zero-order valence-corrected chi connectivity index (χ0v) is 11.8. The van der Waals surface area contributed by atoms with Crippen LogP contribution in [0.2, 0.25) is 0 Å². The number of ether oxygens (including phenoxy) is 1. The van der Waals surface area contributed by atoms with Gasteiger partial charge in [0.1, 0.15) is 19.0 Å². The standard InChI is InChI=1S/C13H15N7O/c1-10-14-13(9-21-2)19(16-10)8-12-15-18-20(17-12)11-6-4-3-5-7-11/h3-7H,8-9H2,1-2H3. The fraction of sp³-hybridized carbons (Fsp3) is 0.308. The predicted molar refractivity (Wildman–Crippen MR) is 73.7 cm³/mol. The summed E-state index contributed by atoms with van der Waals surface area (Å²) in [5, 5.41) is 16.8. The minimum atomic E-state index is 0.396. The Kier molecular flexibility index (Phi) is 3.69. The van der Waals surface area contributed by atoms with Gasteiger partial charge >= 0.3 is 0 Å². The van der Waals surface area contributed by atoms with Gasteiger partial charge in [-0.2, -0.15) is 5.10 Å². The molecule has 0 unspecified atom stereocenters. The summed E-state index contributed by atoms with van der Waals surface area (Å²) in [7, 11) is 1.62. The monoisotopic (exact) mass is 285 g/mol. The summed E-state index contributed by atoms with van der Waals surface area (Å²) < 4.78 is 6.84. The Labute approximate surface area is 121 Å². The highest BCUT2D eigenvalue weighted by Crippen LogP contribution is 2.05. The normalized spacial score (nSPS) is 11.0. The van der Waals surface area contributed by atoms with Crippen molar-refractivity contribution in [2.75, 3.05) is 7.11 Å². The van der Waals surface area contributed by atoms with Crippen LogP contribution in [-0.4, -0.2) is 42.1 Å². The van der Waals surface area contributed by atoms with Crippen molar-refractivity contribution in [1.82, 2.24) is 35.0 Å². The number of aromatic nitrogens is 7. The van der Waals surface area contributed by atoms with Crippen molar-refractivity contribution >= 4 is 0 Å².